The van der Waals surface area contributed by atoms with Crippen LogP contribution in [0.1, 0.15) is 0 Å². The van der Waals surface area contributed by atoms with E-state index in [9.17, 15) is 14.9 Å². The minimum absolute atomic E-state index is 0.501. The Balaban J connectivity index is 3.26. The van der Waals surface area contributed by atoms with E-state index < -0.39 is 16.0 Å². The molecule has 0 amide bonds. The summed E-state index contributed by atoms with van der Waals surface area (Å²) in [5, 5.41) is 10.2. The molecule has 0 atom stereocenters. The summed E-state index contributed by atoms with van der Waals surface area (Å²) in [6.45, 7) is 0. The van der Waals surface area contributed by atoms with Crippen molar-refractivity contribution < 1.29 is 9.76 Å². The first-order chi connectivity index (χ1) is 5.65. The van der Waals surface area contributed by atoms with Crippen LogP contribution in [0.25, 0.3) is 0 Å². The minimum atomic E-state index is -0.752. The quantitative estimate of drug-likeness (QED) is 0.455. The number of rotatable bonds is 2. The summed E-state index contributed by atoms with van der Waals surface area (Å²) in [5.74, 6) is 0. The van der Waals surface area contributed by atoms with Crippen molar-refractivity contribution in [2.45, 2.75) is 0 Å². The Morgan fingerprint density at radius 1 is 1.67 bits per heavy atom. The van der Waals surface area contributed by atoms with Crippen LogP contribution in [0, 0.1) is 10.1 Å². The molecule has 1 aromatic heterocycles. The van der Waals surface area contributed by atoms with Gasteiger partial charge in [0.25, 0.3) is 5.43 Å². The van der Waals surface area contributed by atoms with Crippen LogP contribution in [0.3, 0.4) is 0 Å². The van der Waals surface area contributed by atoms with Gasteiger partial charge >= 0.3 is 5.69 Å². The molecule has 0 aliphatic heterocycles. The highest BCUT2D eigenvalue weighted by atomic mass is 16.6. The third-order valence-electron chi connectivity index (χ3n) is 1.28. The zero-order valence-corrected chi connectivity index (χ0v) is 6.26. The maximum Gasteiger partial charge on any atom is 0.335 e. The number of nitrogens with zero attached hydrogens (tertiary/aromatic N) is 2. The van der Waals surface area contributed by atoms with Gasteiger partial charge in [0.1, 0.15) is 13.3 Å². The lowest BCUT2D eigenvalue weighted by Crippen LogP contribution is -2.13. The highest BCUT2D eigenvalue weighted by Crippen LogP contribution is 2.00. The van der Waals surface area contributed by atoms with Crippen molar-refractivity contribution in [1.82, 2.24) is 4.73 Å². The Hall–Kier alpha value is -1.85. The van der Waals surface area contributed by atoms with Crippen molar-refractivity contribution in [3.8, 4) is 0 Å². The van der Waals surface area contributed by atoms with E-state index in [0.29, 0.717) is 0 Å². The number of aromatic nitrogens is 1. The predicted molar refractivity (Wildman–Crippen MR) is 39.9 cm³/mol. The van der Waals surface area contributed by atoms with Gasteiger partial charge in [0.2, 0.25) is 0 Å². The summed E-state index contributed by atoms with van der Waals surface area (Å²) in [7, 11) is 1.34. The minimum Gasteiger partial charge on any atom is -0.417 e. The van der Waals surface area contributed by atoms with Gasteiger partial charge in [-0.2, -0.15) is 4.73 Å². The molecule has 1 rings (SSSR count). The Labute approximate surface area is 67.1 Å². The third kappa shape index (κ3) is 1.42. The fourth-order valence-electron chi connectivity index (χ4n) is 0.704. The van der Waals surface area contributed by atoms with Crippen molar-refractivity contribution in [1.29, 1.82) is 0 Å². The first-order valence-electron chi connectivity index (χ1n) is 3.06. The van der Waals surface area contributed by atoms with Gasteiger partial charge in [-0.15, -0.1) is 0 Å². The Kier molecular flexibility index (Phi) is 2.09. The molecule has 6 heteroatoms. The van der Waals surface area contributed by atoms with Crippen LogP contribution in [0.4, 0.5) is 5.69 Å². The second kappa shape index (κ2) is 3.04. The summed E-state index contributed by atoms with van der Waals surface area (Å²) in [5.41, 5.74) is -1.13. The molecule has 0 unspecified atom stereocenters. The van der Waals surface area contributed by atoms with Crippen LogP contribution in [-0.4, -0.2) is 16.8 Å². The van der Waals surface area contributed by atoms with Gasteiger partial charge in [-0.25, -0.2) is 0 Å². The van der Waals surface area contributed by atoms with Crippen molar-refractivity contribution >= 4 is 5.69 Å². The molecule has 0 spiro atoms. The van der Waals surface area contributed by atoms with Crippen molar-refractivity contribution in [2.75, 3.05) is 7.11 Å². The average Bonchev–Trinajstić information content (AvgIpc) is 2.05. The van der Waals surface area contributed by atoms with E-state index in [4.69, 9.17) is 0 Å². The summed E-state index contributed by atoms with van der Waals surface area (Å²) in [6, 6.07) is 1.07. The molecule has 1 heterocycles. The van der Waals surface area contributed by atoms with Gasteiger partial charge in [0.15, 0.2) is 0 Å². The molecule has 0 saturated heterocycles. The normalized spacial score (nSPS) is 9.42. The largest absolute Gasteiger partial charge is 0.417 e. The molecule has 0 aliphatic carbocycles. The Morgan fingerprint density at radius 2 is 2.33 bits per heavy atom. The maximum absolute atomic E-state index is 10.8. The standard InChI is InChI=1S/C6H6N2O4/c1-12-7-3-2-6(9)5(4-7)8(10)11/h2-4H,1H3. The second-order valence-corrected chi connectivity index (χ2v) is 1.99. The zero-order chi connectivity index (χ0) is 9.14. The van der Waals surface area contributed by atoms with E-state index in [2.05, 4.69) is 4.84 Å². The monoisotopic (exact) mass is 170 g/mol. The smallest absolute Gasteiger partial charge is 0.335 e. The first kappa shape index (κ1) is 8.25. The van der Waals surface area contributed by atoms with Gasteiger partial charge in [-0.05, 0) is 0 Å². The lowest BCUT2D eigenvalue weighted by Gasteiger charge is -2.00. The highest BCUT2D eigenvalue weighted by Gasteiger charge is 2.11. The van der Waals surface area contributed by atoms with E-state index in [1.165, 1.54) is 13.3 Å². The summed E-state index contributed by atoms with van der Waals surface area (Å²) >= 11 is 0. The fourth-order valence-corrected chi connectivity index (χ4v) is 0.704. The van der Waals surface area contributed by atoms with Crippen LogP contribution < -0.4 is 10.3 Å². The molecular weight excluding hydrogens is 164 g/mol. The summed E-state index contributed by atoms with van der Waals surface area (Å²) in [4.78, 5) is 24.9. The third-order valence-corrected chi connectivity index (χ3v) is 1.28. The Morgan fingerprint density at radius 3 is 2.83 bits per heavy atom. The van der Waals surface area contributed by atoms with E-state index in [1.54, 1.807) is 0 Å². The van der Waals surface area contributed by atoms with Crippen LogP contribution in [0.2, 0.25) is 0 Å². The maximum atomic E-state index is 10.8. The van der Waals surface area contributed by atoms with Gasteiger partial charge in [0, 0.05) is 12.3 Å². The number of hydrogen-bond donors (Lipinski definition) is 0. The fraction of sp³-hybridized carbons (Fsp3) is 0.167. The first-order valence-corrected chi connectivity index (χ1v) is 3.06. The molecule has 0 N–H and O–H groups in total. The molecule has 0 saturated carbocycles. The molecule has 0 aromatic carbocycles. The van der Waals surface area contributed by atoms with Gasteiger partial charge in [-0.3, -0.25) is 14.9 Å². The molecule has 64 valence electrons. The molecule has 6 nitrogen and oxygen atoms in total. The zero-order valence-electron chi connectivity index (χ0n) is 6.26. The van der Waals surface area contributed by atoms with E-state index in [0.717, 1.165) is 17.0 Å². The van der Waals surface area contributed by atoms with Crippen LogP contribution >= 0.6 is 0 Å². The van der Waals surface area contributed by atoms with E-state index in [-0.39, 0.29) is 0 Å². The molecule has 1 aromatic rings. The molecule has 0 bridgehead atoms. The highest BCUT2D eigenvalue weighted by molar-refractivity contribution is 5.24. The molecular formula is C6H6N2O4. The molecule has 0 aliphatic rings. The predicted octanol–water partition coefficient (Wildman–Crippen LogP) is -0.185. The van der Waals surface area contributed by atoms with Gasteiger partial charge in [-0.1, -0.05) is 0 Å². The summed E-state index contributed by atoms with van der Waals surface area (Å²) < 4.78 is 1.08. The van der Waals surface area contributed by atoms with Crippen molar-refractivity contribution in [3.63, 3.8) is 0 Å². The lowest BCUT2D eigenvalue weighted by molar-refractivity contribution is -0.386. The van der Waals surface area contributed by atoms with Gasteiger partial charge < -0.3 is 4.84 Å². The second-order valence-electron chi connectivity index (χ2n) is 1.99. The number of hydrogen-bond acceptors (Lipinski definition) is 4. The number of pyridine rings is 1. The Bertz CT molecular complexity index is 357. The van der Waals surface area contributed by atoms with Crippen molar-refractivity contribution in [3.05, 3.63) is 38.8 Å². The number of nitro groups is 1. The average molecular weight is 170 g/mol. The van der Waals surface area contributed by atoms with E-state index in [1.807, 2.05) is 0 Å². The molecule has 0 fully saturated rings. The van der Waals surface area contributed by atoms with Crippen molar-refractivity contribution in [2.24, 2.45) is 0 Å². The van der Waals surface area contributed by atoms with Crippen LogP contribution in [-0.2, 0) is 0 Å². The summed E-state index contributed by atoms with van der Waals surface area (Å²) in [6.07, 6.45) is 2.32. The van der Waals surface area contributed by atoms with E-state index >= 15 is 0 Å². The van der Waals surface area contributed by atoms with Gasteiger partial charge in [0.05, 0.1) is 4.92 Å². The lowest BCUT2D eigenvalue weighted by atomic mass is 10.4. The molecule has 12 heavy (non-hydrogen) atoms. The molecule has 0 radical (unpaired) electrons. The van der Waals surface area contributed by atoms with Crippen LogP contribution in [0.5, 0.6) is 0 Å². The SMILES string of the molecule is COn1ccc(=O)c([N+](=O)[O-])c1. The topological polar surface area (TPSA) is 74.4 Å². The van der Waals surface area contributed by atoms with Crippen LogP contribution in [0.15, 0.2) is 23.3 Å².